The van der Waals surface area contributed by atoms with Gasteiger partial charge in [0.15, 0.2) is 0 Å². The monoisotopic (exact) mass is 391 g/mol. The van der Waals surface area contributed by atoms with Gasteiger partial charge in [0.05, 0.1) is 5.75 Å². The van der Waals surface area contributed by atoms with E-state index < -0.39 is 10.0 Å². The Bertz CT molecular complexity index is 847. The molecule has 2 aromatic rings. The number of hydrogen-bond donors (Lipinski definition) is 0. The number of piperazine rings is 1. The van der Waals surface area contributed by atoms with Crippen LogP contribution in [0.3, 0.4) is 0 Å². The highest BCUT2D eigenvalue weighted by Crippen LogP contribution is 2.20. The number of nitrogens with zero attached hydrogens (tertiary/aromatic N) is 3. The average molecular weight is 392 g/mol. The van der Waals surface area contributed by atoms with Gasteiger partial charge in [-0.3, -0.25) is 9.78 Å². The van der Waals surface area contributed by atoms with Crippen molar-refractivity contribution in [1.82, 2.24) is 14.2 Å². The maximum atomic E-state index is 12.6. The fraction of sp³-hybridized carbons (Fsp3) is 0.333. The first-order chi connectivity index (χ1) is 12.5. The number of benzene rings is 1. The molecule has 26 heavy (non-hydrogen) atoms. The van der Waals surface area contributed by atoms with Crippen molar-refractivity contribution in [2.24, 2.45) is 0 Å². The molecule has 8 heteroatoms. The Morgan fingerprint density at radius 2 is 1.81 bits per heavy atom. The molecule has 1 amide bonds. The van der Waals surface area contributed by atoms with Gasteiger partial charge in [-0.1, -0.05) is 17.7 Å². The van der Waals surface area contributed by atoms with E-state index in [0.717, 1.165) is 4.90 Å². The SMILES string of the molecule is Cc1ccc(SCC(=O)N2CCN(S(=O)(=O)c3cccnc3)CC2)cc1. The minimum atomic E-state index is -3.54. The molecule has 1 fully saturated rings. The quantitative estimate of drug-likeness (QED) is 0.729. The van der Waals surface area contributed by atoms with Crippen molar-refractivity contribution in [2.75, 3.05) is 31.9 Å². The molecule has 1 aromatic carbocycles. The molecule has 1 saturated heterocycles. The highest BCUT2D eigenvalue weighted by molar-refractivity contribution is 8.00. The summed E-state index contributed by atoms with van der Waals surface area (Å²) in [4.78, 5) is 19.2. The molecular weight excluding hydrogens is 370 g/mol. The molecule has 0 unspecified atom stereocenters. The van der Waals surface area contributed by atoms with Crippen molar-refractivity contribution in [3.05, 3.63) is 54.4 Å². The molecule has 0 bridgehead atoms. The van der Waals surface area contributed by atoms with Crippen LogP contribution < -0.4 is 0 Å². The Hall–Kier alpha value is -1.90. The molecular formula is C18H21N3O3S2. The summed E-state index contributed by atoms with van der Waals surface area (Å²) in [5, 5.41) is 0. The van der Waals surface area contributed by atoms with Gasteiger partial charge in [0.1, 0.15) is 4.90 Å². The number of rotatable bonds is 5. The summed E-state index contributed by atoms with van der Waals surface area (Å²) in [5.41, 5.74) is 1.19. The van der Waals surface area contributed by atoms with Gasteiger partial charge < -0.3 is 4.90 Å². The van der Waals surface area contributed by atoms with Gasteiger partial charge in [0.2, 0.25) is 15.9 Å². The highest BCUT2D eigenvalue weighted by Gasteiger charge is 2.30. The van der Waals surface area contributed by atoms with Crippen molar-refractivity contribution < 1.29 is 13.2 Å². The van der Waals surface area contributed by atoms with Gasteiger partial charge in [-0.05, 0) is 31.2 Å². The van der Waals surface area contributed by atoms with Crippen LogP contribution in [0.1, 0.15) is 5.56 Å². The van der Waals surface area contributed by atoms with Crippen LogP contribution in [0.4, 0.5) is 0 Å². The Kier molecular flexibility index (Phi) is 5.95. The Labute approximate surface area is 158 Å². The summed E-state index contributed by atoms with van der Waals surface area (Å²) in [6.45, 7) is 3.45. The van der Waals surface area contributed by atoms with Crippen molar-refractivity contribution in [3.63, 3.8) is 0 Å². The van der Waals surface area contributed by atoms with Gasteiger partial charge in [-0.25, -0.2) is 8.42 Å². The molecule has 0 N–H and O–H groups in total. The number of sulfonamides is 1. The Morgan fingerprint density at radius 3 is 2.42 bits per heavy atom. The largest absolute Gasteiger partial charge is 0.339 e. The second-order valence-corrected chi connectivity index (χ2v) is 9.06. The molecule has 1 aromatic heterocycles. The summed E-state index contributed by atoms with van der Waals surface area (Å²) >= 11 is 1.50. The maximum Gasteiger partial charge on any atom is 0.244 e. The highest BCUT2D eigenvalue weighted by atomic mass is 32.2. The smallest absolute Gasteiger partial charge is 0.244 e. The first kappa shape index (κ1) is 18.9. The number of thioether (sulfide) groups is 1. The van der Waals surface area contributed by atoms with E-state index in [2.05, 4.69) is 4.98 Å². The third kappa shape index (κ3) is 4.44. The van der Waals surface area contributed by atoms with Crippen LogP contribution in [0.15, 0.2) is 58.6 Å². The third-order valence-electron chi connectivity index (χ3n) is 4.25. The normalized spacial score (nSPS) is 15.8. The predicted octanol–water partition coefficient (Wildman–Crippen LogP) is 2.02. The van der Waals surface area contributed by atoms with Crippen molar-refractivity contribution in [1.29, 1.82) is 0 Å². The van der Waals surface area contributed by atoms with E-state index in [1.54, 1.807) is 17.2 Å². The van der Waals surface area contributed by atoms with Crippen LogP contribution >= 0.6 is 11.8 Å². The molecule has 3 rings (SSSR count). The number of pyridine rings is 1. The molecule has 0 radical (unpaired) electrons. The molecule has 2 heterocycles. The van der Waals surface area contributed by atoms with Crippen LogP contribution in [0.25, 0.3) is 0 Å². The summed E-state index contributed by atoms with van der Waals surface area (Å²) in [6, 6.07) is 11.2. The molecule has 0 atom stereocenters. The fourth-order valence-electron chi connectivity index (χ4n) is 2.70. The lowest BCUT2D eigenvalue weighted by molar-refractivity contribution is -0.129. The molecule has 0 saturated carbocycles. The van der Waals surface area contributed by atoms with E-state index in [1.807, 2.05) is 31.2 Å². The number of carbonyl (C=O) groups is 1. The molecule has 1 aliphatic heterocycles. The first-order valence-corrected chi connectivity index (χ1v) is 10.8. The Morgan fingerprint density at radius 1 is 1.12 bits per heavy atom. The second-order valence-electron chi connectivity index (χ2n) is 6.08. The standard InChI is InChI=1S/C18H21N3O3S2/c1-15-4-6-16(7-5-15)25-14-18(22)20-9-11-21(12-10-20)26(23,24)17-3-2-8-19-13-17/h2-8,13H,9-12,14H2,1H3. The van der Waals surface area contributed by atoms with E-state index in [1.165, 1.54) is 33.9 Å². The van der Waals surface area contributed by atoms with E-state index in [-0.39, 0.29) is 10.8 Å². The summed E-state index contributed by atoms with van der Waals surface area (Å²) in [6.07, 6.45) is 2.90. The van der Waals surface area contributed by atoms with Gasteiger partial charge in [-0.15, -0.1) is 11.8 Å². The van der Waals surface area contributed by atoms with Crippen LogP contribution in [0.5, 0.6) is 0 Å². The minimum absolute atomic E-state index is 0.0361. The van der Waals surface area contributed by atoms with Gasteiger partial charge in [-0.2, -0.15) is 4.31 Å². The number of aryl methyl sites for hydroxylation is 1. The summed E-state index contributed by atoms with van der Waals surface area (Å²) in [5.74, 6) is 0.396. The van der Waals surface area contributed by atoms with Crippen LogP contribution in [-0.4, -0.2) is 60.4 Å². The predicted molar refractivity (Wildman–Crippen MR) is 101 cm³/mol. The zero-order chi connectivity index (χ0) is 18.6. The lowest BCUT2D eigenvalue weighted by Crippen LogP contribution is -2.50. The summed E-state index contributed by atoms with van der Waals surface area (Å²) < 4.78 is 26.6. The molecule has 0 spiro atoms. The van der Waals surface area contributed by atoms with Crippen molar-refractivity contribution in [3.8, 4) is 0 Å². The van der Waals surface area contributed by atoms with Gasteiger partial charge in [0.25, 0.3) is 0 Å². The van der Waals surface area contributed by atoms with Crippen LogP contribution in [0, 0.1) is 6.92 Å². The molecule has 6 nitrogen and oxygen atoms in total. The average Bonchev–Trinajstić information content (AvgIpc) is 2.68. The first-order valence-electron chi connectivity index (χ1n) is 8.34. The number of carbonyl (C=O) groups excluding carboxylic acids is 1. The second kappa shape index (κ2) is 8.20. The molecule has 138 valence electrons. The number of amides is 1. The Balaban J connectivity index is 1.53. The topological polar surface area (TPSA) is 70.6 Å². The van der Waals surface area contributed by atoms with Gasteiger partial charge in [0, 0.05) is 43.5 Å². The minimum Gasteiger partial charge on any atom is -0.339 e. The van der Waals surface area contributed by atoms with E-state index in [9.17, 15) is 13.2 Å². The van der Waals surface area contributed by atoms with Gasteiger partial charge >= 0.3 is 0 Å². The van der Waals surface area contributed by atoms with Crippen LogP contribution in [0.2, 0.25) is 0 Å². The van der Waals surface area contributed by atoms with E-state index in [0.29, 0.717) is 31.9 Å². The zero-order valence-electron chi connectivity index (χ0n) is 14.5. The number of hydrogen-bond acceptors (Lipinski definition) is 5. The zero-order valence-corrected chi connectivity index (χ0v) is 16.2. The summed E-state index contributed by atoms with van der Waals surface area (Å²) in [7, 11) is -3.54. The number of aromatic nitrogens is 1. The fourth-order valence-corrected chi connectivity index (χ4v) is 4.89. The lowest BCUT2D eigenvalue weighted by atomic mass is 10.2. The lowest BCUT2D eigenvalue weighted by Gasteiger charge is -2.33. The van der Waals surface area contributed by atoms with Crippen molar-refractivity contribution in [2.45, 2.75) is 16.7 Å². The van der Waals surface area contributed by atoms with Crippen LogP contribution in [-0.2, 0) is 14.8 Å². The van der Waals surface area contributed by atoms with E-state index >= 15 is 0 Å². The molecule has 1 aliphatic rings. The molecule has 0 aliphatic carbocycles. The third-order valence-corrected chi connectivity index (χ3v) is 7.13. The van der Waals surface area contributed by atoms with E-state index in [4.69, 9.17) is 0 Å². The maximum absolute atomic E-state index is 12.6. The van der Waals surface area contributed by atoms with Crippen molar-refractivity contribution >= 4 is 27.7 Å².